The van der Waals surface area contributed by atoms with Gasteiger partial charge in [0.05, 0.1) is 0 Å². The maximum Gasteiger partial charge on any atom is 0.573 e. The minimum Gasteiger partial charge on any atom is -0.403 e. The van der Waals surface area contributed by atoms with Crippen molar-refractivity contribution >= 4 is 0 Å². The van der Waals surface area contributed by atoms with Crippen LogP contribution >= 0.6 is 0 Å². The average Bonchev–Trinajstić information content (AvgIpc) is 2.79. The monoisotopic (exact) mass is 478 g/mol. The lowest BCUT2D eigenvalue weighted by atomic mass is 9.77. The van der Waals surface area contributed by atoms with Gasteiger partial charge in [0, 0.05) is 5.56 Å². The highest BCUT2D eigenvalue weighted by molar-refractivity contribution is 5.67. The molecule has 0 amide bonds. The highest BCUT2D eigenvalue weighted by Gasteiger charge is 2.32. The van der Waals surface area contributed by atoms with Crippen molar-refractivity contribution in [3.63, 3.8) is 0 Å². The molecule has 2 aliphatic carbocycles. The molecule has 2 aromatic carbocycles. The van der Waals surface area contributed by atoms with E-state index < -0.39 is 23.7 Å². The van der Waals surface area contributed by atoms with E-state index in [1.165, 1.54) is 62.7 Å². The molecule has 0 atom stereocenters. The maximum atomic E-state index is 14.9. The second kappa shape index (κ2) is 10.5. The molecule has 4 rings (SSSR count). The summed E-state index contributed by atoms with van der Waals surface area (Å²) in [4.78, 5) is 0. The third kappa shape index (κ3) is 6.19. The van der Waals surface area contributed by atoms with Crippen molar-refractivity contribution < 1.29 is 26.7 Å². The van der Waals surface area contributed by atoms with E-state index >= 15 is 0 Å². The van der Waals surface area contributed by atoms with Gasteiger partial charge in [0.25, 0.3) is 0 Å². The summed E-state index contributed by atoms with van der Waals surface area (Å²) in [5.41, 5.74) is 3.60. The molecule has 1 saturated carbocycles. The van der Waals surface area contributed by atoms with E-state index in [9.17, 15) is 22.0 Å². The Balaban J connectivity index is 1.39. The standard InChI is InChI=1S/C28H31F5O/c1-2-3-18-4-6-19(7-5-18)8-9-20-10-11-21-15-24(25(29)17-23(21)14-20)22-12-13-27(26(30)16-22)34-28(31,32)33/h10,12-13,15-19H,2-9,11,14H2,1H3. The van der Waals surface area contributed by atoms with E-state index in [2.05, 4.69) is 17.7 Å². The molecule has 1 nitrogen and oxygen atoms in total. The van der Waals surface area contributed by atoms with Crippen molar-refractivity contribution in [3.05, 3.63) is 64.7 Å². The Morgan fingerprint density at radius 1 is 0.882 bits per heavy atom. The number of hydrogen-bond acceptors (Lipinski definition) is 1. The SMILES string of the molecule is CCCC1CCC(CCC2=CCc3cc(-c4ccc(OC(F)(F)F)c(F)c4)c(F)cc3C2)CC1. The Kier molecular flexibility index (Phi) is 7.63. The molecule has 0 N–H and O–H groups in total. The quantitative estimate of drug-likeness (QED) is 0.285. The molecular formula is C28H31F5O. The molecule has 0 radical (unpaired) electrons. The summed E-state index contributed by atoms with van der Waals surface area (Å²) < 4.78 is 69.8. The molecule has 6 heteroatoms. The third-order valence-corrected chi connectivity index (χ3v) is 7.32. The van der Waals surface area contributed by atoms with Crippen molar-refractivity contribution in [2.75, 3.05) is 0 Å². The van der Waals surface area contributed by atoms with Gasteiger partial charge in [-0.1, -0.05) is 63.2 Å². The number of alkyl halides is 3. The predicted molar refractivity (Wildman–Crippen MR) is 124 cm³/mol. The van der Waals surface area contributed by atoms with E-state index in [4.69, 9.17) is 0 Å². The van der Waals surface area contributed by atoms with Crippen LogP contribution in [-0.4, -0.2) is 6.36 Å². The van der Waals surface area contributed by atoms with Gasteiger partial charge in [-0.3, -0.25) is 0 Å². The maximum absolute atomic E-state index is 14.9. The Morgan fingerprint density at radius 3 is 2.24 bits per heavy atom. The molecule has 0 aromatic heterocycles. The van der Waals surface area contributed by atoms with Gasteiger partial charge in [0.2, 0.25) is 0 Å². The third-order valence-electron chi connectivity index (χ3n) is 7.32. The number of fused-ring (bicyclic) bond motifs is 1. The first-order chi connectivity index (χ1) is 16.2. The summed E-state index contributed by atoms with van der Waals surface area (Å²) in [6.45, 7) is 2.26. The summed E-state index contributed by atoms with van der Waals surface area (Å²) in [6, 6.07) is 6.18. The normalized spacial score (nSPS) is 20.6. The number of rotatable bonds is 7. The lowest BCUT2D eigenvalue weighted by molar-refractivity contribution is -0.275. The van der Waals surface area contributed by atoms with Crippen molar-refractivity contribution in [1.29, 1.82) is 0 Å². The average molecular weight is 479 g/mol. The van der Waals surface area contributed by atoms with Crippen LogP contribution in [0.4, 0.5) is 22.0 Å². The molecular weight excluding hydrogens is 447 g/mol. The second-order valence-electron chi connectivity index (χ2n) is 9.75. The van der Waals surface area contributed by atoms with Gasteiger partial charge in [-0.25, -0.2) is 8.78 Å². The van der Waals surface area contributed by atoms with Crippen molar-refractivity contribution in [1.82, 2.24) is 0 Å². The van der Waals surface area contributed by atoms with Crippen LogP contribution < -0.4 is 4.74 Å². The minimum atomic E-state index is -4.99. The first-order valence-corrected chi connectivity index (χ1v) is 12.3. The second-order valence-corrected chi connectivity index (χ2v) is 9.75. The zero-order valence-electron chi connectivity index (χ0n) is 19.5. The summed E-state index contributed by atoms with van der Waals surface area (Å²) in [5, 5.41) is 0. The van der Waals surface area contributed by atoms with Crippen molar-refractivity contribution in [2.24, 2.45) is 11.8 Å². The van der Waals surface area contributed by atoms with Crippen molar-refractivity contribution in [2.45, 2.75) is 77.5 Å². The number of hydrogen-bond donors (Lipinski definition) is 0. The van der Waals surface area contributed by atoms with E-state index in [0.29, 0.717) is 12.8 Å². The molecule has 0 saturated heterocycles. The zero-order valence-corrected chi connectivity index (χ0v) is 19.5. The fourth-order valence-electron chi connectivity index (χ4n) is 5.48. The summed E-state index contributed by atoms with van der Waals surface area (Å²) in [7, 11) is 0. The molecule has 0 bridgehead atoms. The van der Waals surface area contributed by atoms with E-state index in [1.54, 1.807) is 6.07 Å². The van der Waals surface area contributed by atoms with Gasteiger partial charge in [-0.15, -0.1) is 13.2 Å². The smallest absolute Gasteiger partial charge is 0.403 e. The number of allylic oxidation sites excluding steroid dienone is 2. The van der Waals surface area contributed by atoms with Gasteiger partial charge in [0.1, 0.15) is 5.82 Å². The van der Waals surface area contributed by atoms with E-state index in [1.807, 2.05) is 0 Å². The zero-order chi connectivity index (χ0) is 24.3. The molecule has 1 fully saturated rings. The van der Waals surface area contributed by atoms with Crippen LogP contribution in [0.3, 0.4) is 0 Å². The van der Waals surface area contributed by atoms with Crippen LogP contribution in [0.5, 0.6) is 5.75 Å². The first kappa shape index (κ1) is 24.7. The van der Waals surface area contributed by atoms with Crippen LogP contribution in [0.15, 0.2) is 42.0 Å². The summed E-state index contributed by atoms with van der Waals surface area (Å²) >= 11 is 0. The Morgan fingerprint density at radius 2 is 1.59 bits per heavy atom. The van der Waals surface area contributed by atoms with Crippen LogP contribution in [0.1, 0.15) is 69.4 Å². The molecule has 34 heavy (non-hydrogen) atoms. The van der Waals surface area contributed by atoms with Gasteiger partial charge in [-0.05, 0) is 78.5 Å². The van der Waals surface area contributed by atoms with Crippen LogP contribution in [0, 0.1) is 23.5 Å². The largest absolute Gasteiger partial charge is 0.573 e. The topological polar surface area (TPSA) is 9.23 Å². The first-order valence-electron chi connectivity index (χ1n) is 12.3. The summed E-state index contributed by atoms with van der Waals surface area (Å²) in [5.74, 6) is -0.924. The van der Waals surface area contributed by atoms with Gasteiger partial charge < -0.3 is 4.74 Å². The molecule has 0 unspecified atom stereocenters. The van der Waals surface area contributed by atoms with Crippen LogP contribution in [-0.2, 0) is 12.8 Å². The molecule has 184 valence electrons. The highest BCUT2D eigenvalue weighted by Crippen LogP contribution is 2.37. The number of ether oxygens (including phenoxy) is 1. The number of halogens is 5. The molecule has 2 aromatic rings. The fraction of sp³-hybridized carbons (Fsp3) is 0.500. The lowest BCUT2D eigenvalue weighted by Gasteiger charge is -2.29. The van der Waals surface area contributed by atoms with Crippen LogP contribution in [0.25, 0.3) is 11.1 Å². The van der Waals surface area contributed by atoms with Gasteiger partial charge in [-0.2, -0.15) is 0 Å². The summed E-state index contributed by atoms with van der Waals surface area (Å²) in [6.07, 6.45) is 8.79. The lowest BCUT2D eigenvalue weighted by Crippen LogP contribution is -2.17. The van der Waals surface area contributed by atoms with Crippen molar-refractivity contribution in [3.8, 4) is 16.9 Å². The highest BCUT2D eigenvalue weighted by atomic mass is 19.4. The van der Waals surface area contributed by atoms with E-state index in [-0.39, 0.29) is 11.1 Å². The van der Waals surface area contributed by atoms with Gasteiger partial charge in [0.15, 0.2) is 11.6 Å². The van der Waals surface area contributed by atoms with E-state index in [0.717, 1.165) is 41.5 Å². The Hall–Kier alpha value is -2.37. The number of benzene rings is 2. The Labute approximate surface area is 198 Å². The minimum absolute atomic E-state index is 0.178. The predicted octanol–water partition coefficient (Wildman–Crippen LogP) is 8.94. The van der Waals surface area contributed by atoms with Crippen LogP contribution in [0.2, 0.25) is 0 Å². The Bertz CT molecular complexity index is 1030. The fourth-order valence-corrected chi connectivity index (χ4v) is 5.48. The molecule has 0 heterocycles. The molecule has 0 spiro atoms. The molecule has 0 aliphatic heterocycles. The van der Waals surface area contributed by atoms with Gasteiger partial charge >= 0.3 is 6.36 Å². The molecule has 2 aliphatic rings.